The van der Waals surface area contributed by atoms with Crippen LogP contribution in [0.2, 0.25) is 0 Å². The molecular formula is C16H19N3O3S. The molecule has 0 unspecified atom stereocenters. The van der Waals surface area contributed by atoms with Crippen LogP contribution in [0, 0.1) is 0 Å². The van der Waals surface area contributed by atoms with E-state index in [-0.39, 0.29) is 17.6 Å². The van der Waals surface area contributed by atoms with Crippen molar-refractivity contribution in [2.45, 2.75) is 25.4 Å². The zero-order valence-electron chi connectivity index (χ0n) is 12.7. The summed E-state index contributed by atoms with van der Waals surface area (Å²) in [7, 11) is 0. The first-order valence-corrected chi connectivity index (χ1v) is 8.59. The van der Waals surface area contributed by atoms with Gasteiger partial charge in [0, 0.05) is 24.8 Å². The molecule has 0 aliphatic carbocycles. The van der Waals surface area contributed by atoms with Crippen molar-refractivity contribution < 1.29 is 9.53 Å². The van der Waals surface area contributed by atoms with Crippen LogP contribution in [0.4, 0.5) is 0 Å². The predicted octanol–water partition coefficient (Wildman–Crippen LogP) is 1.23. The fourth-order valence-corrected chi connectivity index (χ4v) is 3.32. The number of carbonyl (C=O) groups is 1. The number of ether oxygens (including phenoxy) is 1. The minimum Gasteiger partial charge on any atom is -0.375 e. The monoisotopic (exact) mass is 333 g/mol. The molecule has 0 radical (unpaired) electrons. The van der Waals surface area contributed by atoms with Crippen LogP contribution in [0.1, 0.15) is 17.7 Å². The first-order chi connectivity index (χ1) is 11.2. The van der Waals surface area contributed by atoms with Crippen LogP contribution in [0.15, 0.2) is 34.0 Å². The molecule has 23 heavy (non-hydrogen) atoms. The number of H-pyrrole nitrogens is 1. The average Bonchev–Trinajstić information content (AvgIpc) is 3.06. The number of thiophene rings is 1. The first kappa shape index (κ1) is 15.9. The lowest BCUT2D eigenvalue weighted by atomic mass is 10.1. The van der Waals surface area contributed by atoms with Gasteiger partial charge in [-0.1, -0.05) is 0 Å². The molecule has 1 amide bonds. The molecule has 0 saturated carbocycles. The van der Waals surface area contributed by atoms with Crippen LogP contribution in [-0.2, 0) is 22.4 Å². The summed E-state index contributed by atoms with van der Waals surface area (Å²) < 4.78 is 5.74. The molecule has 1 aliphatic heterocycles. The molecule has 1 atom stereocenters. The number of aromatic nitrogens is 2. The quantitative estimate of drug-likeness (QED) is 0.893. The Labute approximate surface area is 138 Å². The number of amides is 1. The fourth-order valence-electron chi connectivity index (χ4n) is 2.65. The van der Waals surface area contributed by atoms with Gasteiger partial charge in [-0.25, -0.2) is 4.98 Å². The zero-order chi connectivity index (χ0) is 16.1. The predicted molar refractivity (Wildman–Crippen MR) is 87.5 cm³/mol. The largest absolute Gasteiger partial charge is 0.375 e. The van der Waals surface area contributed by atoms with Gasteiger partial charge in [0.15, 0.2) is 0 Å². The highest BCUT2D eigenvalue weighted by Gasteiger charge is 2.24. The molecular weight excluding hydrogens is 314 g/mol. The Morgan fingerprint density at radius 1 is 1.52 bits per heavy atom. The molecule has 1 N–H and O–H groups in total. The summed E-state index contributed by atoms with van der Waals surface area (Å²) in [5.74, 6) is 0.144. The molecule has 0 bridgehead atoms. The number of rotatable bonds is 5. The van der Waals surface area contributed by atoms with Crippen LogP contribution >= 0.6 is 11.3 Å². The molecule has 3 heterocycles. The summed E-state index contributed by atoms with van der Waals surface area (Å²) in [6.07, 6.45) is 3.28. The van der Waals surface area contributed by atoms with Crippen LogP contribution in [0.3, 0.4) is 0 Å². The summed E-state index contributed by atoms with van der Waals surface area (Å²) in [4.78, 5) is 32.1. The van der Waals surface area contributed by atoms with Crippen LogP contribution in [0.5, 0.6) is 0 Å². The molecule has 0 spiro atoms. The van der Waals surface area contributed by atoms with Gasteiger partial charge in [0.05, 0.1) is 25.5 Å². The van der Waals surface area contributed by atoms with Crippen molar-refractivity contribution in [3.05, 3.63) is 50.8 Å². The minimum absolute atomic E-state index is 0.00346. The van der Waals surface area contributed by atoms with E-state index in [2.05, 4.69) is 9.97 Å². The number of aromatic amines is 1. The normalized spacial score (nSPS) is 18.1. The Kier molecular flexibility index (Phi) is 5.19. The van der Waals surface area contributed by atoms with E-state index >= 15 is 0 Å². The standard InChI is InChI=1S/C16H19N3O3S/c20-15-8-13(17-11-18-15)1-2-14-9-19(4-5-22-14)16(21)7-12-3-6-23-10-12/h3,6,8,10-11,14H,1-2,4-5,7,9H2,(H,17,18,20)/t14-/m0/s1. The van der Waals surface area contributed by atoms with Crippen molar-refractivity contribution in [3.8, 4) is 0 Å². The second-order valence-corrected chi connectivity index (χ2v) is 6.36. The highest BCUT2D eigenvalue weighted by Crippen LogP contribution is 2.14. The molecule has 1 fully saturated rings. The molecule has 7 heteroatoms. The van der Waals surface area contributed by atoms with Crippen molar-refractivity contribution in [1.29, 1.82) is 0 Å². The van der Waals surface area contributed by atoms with Crippen LogP contribution < -0.4 is 5.56 Å². The van der Waals surface area contributed by atoms with E-state index in [1.165, 1.54) is 12.4 Å². The topological polar surface area (TPSA) is 75.3 Å². The molecule has 2 aromatic heterocycles. The van der Waals surface area contributed by atoms with E-state index in [4.69, 9.17) is 4.74 Å². The van der Waals surface area contributed by atoms with E-state index in [1.807, 2.05) is 21.7 Å². The average molecular weight is 333 g/mol. The third-order valence-electron chi connectivity index (χ3n) is 3.88. The van der Waals surface area contributed by atoms with E-state index < -0.39 is 0 Å². The molecule has 1 saturated heterocycles. The second-order valence-electron chi connectivity index (χ2n) is 5.58. The van der Waals surface area contributed by atoms with Gasteiger partial charge < -0.3 is 14.6 Å². The lowest BCUT2D eigenvalue weighted by molar-refractivity contribution is -0.138. The number of nitrogens with zero attached hydrogens (tertiary/aromatic N) is 2. The van der Waals surface area contributed by atoms with Crippen molar-refractivity contribution in [2.24, 2.45) is 0 Å². The van der Waals surface area contributed by atoms with E-state index in [9.17, 15) is 9.59 Å². The zero-order valence-corrected chi connectivity index (χ0v) is 13.6. The molecule has 2 aromatic rings. The Morgan fingerprint density at radius 2 is 2.43 bits per heavy atom. The van der Waals surface area contributed by atoms with E-state index in [0.717, 1.165) is 17.7 Å². The Hall–Kier alpha value is -1.99. The summed E-state index contributed by atoms with van der Waals surface area (Å²) in [6.45, 7) is 1.80. The number of carbonyl (C=O) groups excluding carboxylic acids is 1. The summed E-state index contributed by atoms with van der Waals surface area (Å²) in [5, 5.41) is 3.99. The van der Waals surface area contributed by atoms with Crippen molar-refractivity contribution in [1.82, 2.24) is 14.9 Å². The second kappa shape index (κ2) is 7.52. The highest BCUT2D eigenvalue weighted by atomic mass is 32.1. The Morgan fingerprint density at radius 3 is 3.22 bits per heavy atom. The van der Waals surface area contributed by atoms with E-state index in [0.29, 0.717) is 32.5 Å². The molecule has 122 valence electrons. The number of morpholine rings is 1. The molecule has 1 aliphatic rings. The maximum atomic E-state index is 12.3. The lowest BCUT2D eigenvalue weighted by Crippen LogP contribution is -2.46. The molecule has 6 nitrogen and oxygen atoms in total. The van der Waals surface area contributed by atoms with Crippen molar-refractivity contribution >= 4 is 17.2 Å². The van der Waals surface area contributed by atoms with Gasteiger partial charge in [0.2, 0.25) is 5.91 Å². The third kappa shape index (κ3) is 4.49. The van der Waals surface area contributed by atoms with Crippen molar-refractivity contribution in [2.75, 3.05) is 19.7 Å². The highest BCUT2D eigenvalue weighted by molar-refractivity contribution is 7.07. The van der Waals surface area contributed by atoms with Gasteiger partial charge in [-0.2, -0.15) is 11.3 Å². The summed E-state index contributed by atoms with van der Waals surface area (Å²) >= 11 is 1.61. The van der Waals surface area contributed by atoms with Crippen LogP contribution in [-0.4, -0.2) is 46.6 Å². The Bertz CT molecular complexity index is 699. The Balaban J connectivity index is 1.51. The van der Waals surface area contributed by atoms with Gasteiger partial charge >= 0.3 is 0 Å². The van der Waals surface area contributed by atoms with Gasteiger partial charge in [-0.05, 0) is 35.2 Å². The summed E-state index contributed by atoms with van der Waals surface area (Å²) in [5.41, 5.74) is 1.67. The number of nitrogens with one attached hydrogen (secondary N) is 1. The van der Waals surface area contributed by atoms with Gasteiger partial charge in [0.1, 0.15) is 0 Å². The lowest BCUT2D eigenvalue weighted by Gasteiger charge is -2.33. The summed E-state index contributed by atoms with van der Waals surface area (Å²) in [6, 6.07) is 3.49. The maximum Gasteiger partial charge on any atom is 0.250 e. The fraction of sp³-hybridized carbons (Fsp3) is 0.438. The van der Waals surface area contributed by atoms with Gasteiger partial charge in [-0.15, -0.1) is 0 Å². The first-order valence-electron chi connectivity index (χ1n) is 7.65. The van der Waals surface area contributed by atoms with Crippen molar-refractivity contribution in [3.63, 3.8) is 0 Å². The molecule has 0 aromatic carbocycles. The number of aryl methyl sites for hydroxylation is 1. The van der Waals surface area contributed by atoms with Crippen LogP contribution in [0.25, 0.3) is 0 Å². The SMILES string of the molecule is O=C(Cc1ccsc1)N1CCO[C@@H](CCc2cc(=O)[nH]cn2)C1. The number of hydrogen-bond donors (Lipinski definition) is 1. The molecule has 3 rings (SSSR count). The number of hydrogen-bond acceptors (Lipinski definition) is 5. The third-order valence-corrected chi connectivity index (χ3v) is 4.62. The van der Waals surface area contributed by atoms with E-state index in [1.54, 1.807) is 11.3 Å². The minimum atomic E-state index is -0.146. The van der Waals surface area contributed by atoms with Gasteiger partial charge in [-0.3, -0.25) is 9.59 Å². The smallest absolute Gasteiger partial charge is 0.250 e. The maximum absolute atomic E-state index is 12.3. The van der Waals surface area contributed by atoms with Gasteiger partial charge in [0.25, 0.3) is 5.56 Å².